The van der Waals surface area contributed by atoms with E-state index in [2.05, 4.69) is 6.92 Å². The number of halogens is 1. The lowest BCUT2D eigenvalue weighted by Crippen LogP contribution is -2.49. The van der Waals surface area contributed by atoms with Crippen LogP contribution in [0.1, 0.15) is 50.6 Å². The summed E-state index contributed by atoms with van der Waals surface area (Å²) in [7, 11) is 1.92. The van der Waals surface area contributed by atoms with Gasteiger partial charge < -0.3 is 10.6 Å². The summed E-state index contributed by atoms with van der Waals surface area (Å²) in [5.74, 6) is 1.49. The van der Waals surface area contributed by atoms with Gasteiger partial charge in [0.1, 0.15) is 0 Å². The van der Waals surface area contributed by atoms with E-state index < -0.39 is 0 Å². The molecule has 4 heteroatoms. The number of nitrogens with zero attached hydrogens (tertiary/aromatic N) is 1. The zero-order valence-electron chi connectivity index (χ0n) is 14.0. The quantitative estimate of drug-likeness (QED) is 0.907. The van der Waals surface area contributed by atoms with Crippen LogP contribution in [0, 0.1) is 17.8 Å². The maximum Gasteiger partial charge on any atom is 0.225 e. The Balaban J connectivity index is 1.68. The number of rotatable bonds is 3. The van der Waals surface area contributed by atoms with Crippen LogP contribution in [-0.4, -0.2) is 23.9 Å². The van der Waals surface area contributed by atoms with Crippen molar-refractivity contribution in [2.75, 3.05) is 7.05 Å². The first-order chi connectivity index (χ1) is 11.0. The molecule has 23 heavy (non-hydrogen) atoms. The number of carbonyl (C=O) groups excluding carboxylic acids is 1. The van der Waals surface area contributed by atoms with Gasteiger partial charge in [-0.25, -0.2) is 0 Å². The standard InChI is InChI=1S/C19H27ClN2O/c1-12(13-6-8-17(20)9-7-13)22(2)19(23)16-10-14-4-3-5-15(11-16)18(14)21/h6-9,12,14-16,18H,3-5,10-11,21H2,1-2H3. The van der Waals surface area contributed by atoms with E-state index >= 15 is 0 Å². The van der Waals surface area contributed by atoms with Gasteiger partial charge in [-0.1, -0.05) is 30.2 Å². The van der Waals surface area contributed by atoms with Crippen molar-refractivity contribution in [3.8, 4) is 0 Å². The third-order valence-electron chi connectivity index (χ3n) is 6.04. The Hall–Kier alpha value is -1.06. The molecule has 0 saturated heterocycles. The van der Waals surface area contributed by atoms with E-state index in [4.69, 9.17) is 17.3 Å². The number of fused-ring (bicyclic) bond motifs is 2. The smallest absolute Gasteiger partial charge is 0.225 e. The molecule has 3 nitrogen and oxygen atoms in total. The van der Waals surface area contributed by atoms with Crippen LogP contribution in [0.25, 0.3) is 0 Å². The fraction of sp³-hybridized carbons (Fsp3) is 0.632. The first kappa shape index (κ1) is 16.8. The van der Waals surface area contributed by atoms with Crippen LogP contribution in [0.4, 0.5) is 0 Å². The van der Waals surface area contributed by atoms with Crippen LogP contribution in [0.5, 0.6) is 0 Å². The Morgan fingerprint density at radius 2 is 1.78 bits per heavy atom. The molecule has 1 amide bonds. The molecule has 3 unspecified atom stereocenters. The van der Waals surface area contributed by atoms with E-state index in [1.165, 1.54) is 19.3 Å². The van der Waals surface area contributed by atoms with Gasteiger partial charge in [0.15, 0.2) is 0 Å². The van der Waals surface area contributed by atoms with Crippen LogP contribution >= 0.6 is 11.6 Å². The SMILES string of the molecule is CC(c1ccc(Cl)cc1)N(C)C(=O)C1CC2CCCC(C1)C2N. The fourth-order valence-corrected chi connectivity index (χ4v) is 4.56. The minimum Gasteiger partial charge on any atom is -0.339 e. The first-order valence-corrected chi connectivity index (χ1v) is 9.13. The monoisotopic (exact) mass is 334 g/mol. The number of hydrogen-bond acceptors (Lipinski definition) is 2. The van der Waals surface area contributed by atoms with Gasteiger partial charge in [0.25, 0.3) is 0 Å². The summed E-state index contributed by atoms with van der Waals surface area (Å²) in [4.78, 5) is 14.9. The lowest BCUT2D eigenvalue weighted by molar-refractivity contribution is -0.139. The van der Waals surface area contributed by atoms with Gasteiger partial charge in [-0.2, -0.15) is 0 Å². The van der Waals surface area contributed by atoms with Crippen LogP contribution < -0.4 is 5.73 Å². The average Bonchev–Trinajstić information content (AvgIpc) is 2.53. The number of amides is 1. The molecule has 0 spiro atoms. The van der Waals surface area contributed by atoms with Gasteiger partial charge in [-0.15, -0.1) is 0 Å². The highest BCUT2D eigenvalue weighted by Gasteiger charge is 2.41. The summed E-state index contributed by atoms with van der Waals surface area (Å²) in [6.45, 7) is 2.08. The van der Waals surface area contributed by atoms with Crippen LogP contribution in [0.3, 0.4) is 0 Å². The molecule has 2 aliphatic rings. The minimum absolute atomic E-state index is 0.0650. The van der Waals surface area contributed by atoms with E-state index in [0.29, 0.717) is 17.9 Å². The zero-order valence-corrected chi connectivity index (χ0v) is 14.8. The molecule has 2 fully saturated rings. The van der Waals surface area contributed by atoms with E-state index in [-0.39, 0.29) is 17.9 Å². The highest BCUT2D eigenvalue weighted by atomic mass is 35.5. The largest absolute Gasteiger partial charge is 0.339 e. The predicted octanol–water partition coefficient (Wildman–Crippen LogP) is 4.01. The molecule has 2 saturated carbocycles. The maximum absolute atomic E-state index is 13.0. The number of nitrogens with two attached hydrogens (primary N) is 1. The molecule has 1 aromatic rings. The Morgan fingerprint density at radius 3 is 2.35 bits per heavy atom. The second-order valence-electron chi connectivity index (χ2n) is 7.37. The van der Waals surface area contributed by atoms with Gasteiger partial charge in [0.2, 0.25) is 5.91 Å². The van der Waals surface area contributed by atoms with Crippen molar-refractivity contribution in [3.05, 3.63) is 34.9 Å². The highest BCUT2D eigenvalue weighted by Crippen LogP contribution is 2.42. The third kappa shape index (κ3) is 3.41. The second-order valence-corrected chi connectivity index (χ2v) is 7.81. The molecule has 2 aliphatic carbocycles. The van der Waals surface area contributed by atoms with Gasteiger partial charge >= 0.3 is 0 Å². The Labute approximate surface area is 144 Å². The lowest BCUT2D eigenvalue weighted by Gasteiger charge is -2.44. The maximum atomic E-state index is 13.0. The number of benzene rings is 1. The van der Waals surface area contributed by atoms with E-state index in [0.717, 1.165) is 23.4 Å². The topological polar surface area (TPSA) is 46.3 Å². The van der Waals surface area contributed by atoms with E-state index in [1.54, 1.807) is 0 Å². The molecule has 3 atom stereocenters. The minimum atomic E-state index is 0.0650. The van der Waals surface area contributed by atoms with Crippen molar-refractivity contribution in [2.45, 2.75) is 51.1 Å². The molecule has 126 valence electrons. The molecule has 0 radical (unpaired) electrons. The van der Waals surface area contributed by atoms with Crippen molar-refractivity contribution in [3.63, 3.8) is 0 Å². The van der Waals surface area contributed by atoms with Crippen LogP contribution in [0.15, 0.2) is 24.3 Å². The molecule has 2 N–H and O–H groups in total. The Bertz CT molecular complexity index is 545. The molecule has 0 heterocycles. The Kier molecular flexibility index (Phi) is 4.98. The molecule has 1 aromatic carbocycles. The van der Waals surface area contributed by atoms with Gasteiger partial charge in [0.05, 0.1) is 6.04 Å². The highest BCUT2D eigenvalue weighted by molar-refractivity contribution is 6.30. The summed E-state index contributed by atoms with van der Waals surface area (Å²) >= 11 is 5.96. The number of carbonyl (C=O) groups is 1. The van der Waals surface area contributed by atoms with E-state index in [1.807, 2.05) is 36.2 Å². The second kappa shape index (κ2) is 6.82. The van der Waals surface area contributed by atoms with Crippen molar-refractivity contribution in [1.82, 2.24) is 4.90 Å². The third-order valence-corrected chi connectivity index (χ3v) is 6.30. The van der Waals surface area contributed by atoms with Crippen molar-refractivity contribution >= 4 is 17.5 Å². The molecule has 0 aromatic heterocycles. The molecule has 2 bridgehead atoms. The van der Waals surface area contributed by atoms with Gasteiger partial charge in [-0.05, 0) is 62.1 Å². The Morgan fingerprint density at radius 1 is 1.22 bits per heavy atom. The average molecular weight is 335 g/mol. The van der Waals surface area contributed by atoms with Crippen molar-refractivity contribution < 1.29 is 4.79 Å². The summed E-state index contributed by atoms with van der Waals surface area (Å²) in [6, 6.07) is 8.15. The lowest BCUT2D eigenvalue weighted by atomic mass is 9.65. The van der Waals surface area contributed by atoms with Gasteiger partial charge in [-0.3, -0.25) is 4.79 Å². The fourth-order valence-electron chi connectivity index (χ4n) is 4.43. The molecular weight excluding hydrogens is 308 g/mol. The van der Waals surface area contributed by atoms with Gasteiger partial charge in [0, 0.05) is 24.0 Å². The number of hydrogen-bond donors (Lipinski definition) is 1. The van der Waals surface area contributed by atoms with Crippen LogP contribution in [0.2, 0.25) is 5.02 Å². The molecular formula is C19H27ClN2O. The zero-order chi connectivity index (χ0) is 16.6. The molecule has 0 aliphatic heterocycles. The van der Waals surface area contributed by atoms with Crippen molar-refractivity contribution in [1.29, 1.82) is 0 Å². The first-order valence-electron chi connectivity index (χ1n) is 8.75. The summed E-state index contributed by atoms with van der Waals surface area (Å²) < 4.78 is 0. The normalized spacial score (nSPS) is 31.5. The van der Waals surface area contributed by atoms with Crippen molar-refractivity contribution in [2.24, 2.45) is 23.5 Å². The molecule has 3 rings (SSSR count). The summed E-state index contributed by atoms with van der Waals surface area (Å²) in [5, 5.41) is 0.726. The van der Waals surface area contributed by atoms with E-state index in [9.17, 15) is 4.79 Å². The summed E-state index contributed by atoms with van der Waals surface area (Å²) in [5.41, 5.74) is 7.47. The predicted molar refractivity (Wildman–Crippen MR) is 94.2 cm³/mol. The van der Waals surface area contributed by atoms with Crippen LogP contribution in [-0.2, 0) is 4.79 Å². The summed E-state index contributed by atoms with van der Waals surface area (Å²) in [6.07, 6.45) is 5.60.